The Hall–Kier alpha value is -2.14. The van der Waals surface area contributed by atoms with E-state index in [1.165, 1.54) is 0 Å². The van der Waals surface area contributed by atoms with Crippen molar-refractivity contribution in [2.24, 2.45) is 5.73 Å². The third-order valence-corrected chi connectivity index (χ3v) is 3.17. The summed E-state index contributed by atoms with van der Waals surface area (Å²) in [6, 6.07) is 7.16. The van der Waals surface area contributed by atoms with Gasteiger partial charge in [0.25, 0.3) is 0 Å². The molecule has 0 saturated heterocycles. The summed E-state index contributed by atoms with van der Waals surface area (Å²) in [6.07, 6.45) is 0. The molecule has 5 nitrogen and oxygen atoms in total. The summed E-state index contributed by atoms with van der Waals surface area (Å²) in [7, 11) is 0. The van der Waals surface area contributed by atoms with Crippen molar-refractivity contribution < 1.29 is 4.79 Å². The van der Waals surface area contributed by atoms with Gasteiger partial charge in [0, 0.05) is 16.9 Å². The quantitative estimate of drug-likeness (QED) is 0.794. The number of nitrogens with two attached hydrogens (primary N) is 1. The summed E-state index contributed by atoms with van der Waals surface area (Å²) in [5, 5.41) is 7.20. The Morgan fingerprint density at radius 3 is 2.78 bits per heavy atom. The van der Waals surface area contributed by atoms with E-state index < -0.39 is 6.04 Å². The van der Waals surface area contributed by atoms with Gasteiger partial charge in [0.05, 0.1) is 11.4 Å². The van der Waals surface area contributed by atoms with Crippen molar-refractivity contribution in [2.45, 2.75) is 19.9 Å². The normalized spacial score (nSPS) is 17.7. The number of fused-ring (bicyclic) bond motifs is 1. The molecular formula is C13H14N4O. The van der Waals surface area contributed by atoms with E-state index in [1.54, 1.807) is 0 Å². The molecule has 3 rings (SSSR count). The van der Waals surface area contributed by atoms with Crippen molar-refractivity contribution >= 4 is 11.6 Å². The predicted molar refractivity (Wildman–Crippen MR) is 68.6 cm³/mol. The Kier molecular flexibility index (Phi) is 2.24. The molecule has 92 valence electrons. The monoisotopic (exact) mass is 242 g/mol. The van der Waals surface area contributed by atoms with Gasteiger partial charge in [-0.05, 0) is 32.0 Å². The minimum atomic E-state index is -0.561. The van der Waals surface area contributed by atoms with Gasteiger partial charge >= 0.3 is 0 Å². The molecule has 0 saturated carbocycles. The van der Waals surface area contributed by atoms with Crippen molar-refractivity contribution in [3.05, 3.63) is 41.2 Å². The SMILES string of the molecule is Cc1cc(C)n(-c2ccc3c(c2)NC(=O)C3N)n1. The maximum Gasteiger partial charge on any atom is 0.245 e. The maximum atomic E-state index is 11.5. The summed E-state index contributed by atoms with van der Waals surface area (Å²) in [5.74, 6) is -0.157. The maximum absolute atomic E-state index is 11.5. The fourth-order valence-corrected chi connectivity index (χ4v) is 2.30. The predicted octanol–water partition coefficient (Wildman–Crippen LogP) is 1.44. The summed E-state index contributed by atoms with van der Waals surface area (Å²) in [4.78, 5) is 11.5. The van der Waals surface area contributed by atoms with E-state index in [2.05, 4.69) is 10.4 Å². The van der Waals surface area contributed by atoms with E-state index in [0.29, 0.717) is 0 Å². The lowest BCUT2D eigenvalue weighted by atomic mass is 10.1. The van der Waals surface area contributed by atoms with Crippen LogP contribution in [0.2, 0.25) is 0 Å². The molecule has 0 bridgehead atoms. The van der Waals surface area contributed by atoms with Crippen LogP contribution in [0.1, 0.15) is 23.0 Å². The second-order valence-electron chi connectivity index (χ2n) is 4.58. The van der Waals surface area contributed by atoms with Gasteiger partial charge in [-0.3, -0.25) is 4.79 Å². The van der Waals surface area contributed by atoms with Gasteiger partial charge in [0.15, 0.2) is 0 Å². The zero-order valence-corrected chi connectivity index (χ0v) is 10.3. The number of amides is 1. The molecule has 2 heterocycles. The van der Waals surface area contributed by atoms with E-state index in [9.17, 15) is 4.79 Å². The first kappa shape index (κ1) is 11.0. The van der Waals surface area contributed by atoms with Crippen LogP contribution in [0.3, 0.4) is 0 Å². The van der Waals surface area contributed by atoms with Crippen molar-refractivity contribution in [1.82, 2.24) is 9.78 Å². The lowest BCUT2D eigenvalue weighted by Crippen LogP contribution is -2.19. The molecule has 5 heteroatoms. The molecule has 1 aromatic heterocycles. The molecule has 18 heavy (non-hydrogen) atoms. The van der Waals surface area contributed by atoms with Crippen LogP contribution in [-0.2, 0) is 4.79 Å². The molecule has 0 fully saturated rings. The van der Waals surface area contributed by atoms with Gasteiger partial charge < -0.3 is 11.1 Å². The van der Waals surface area contributed by atoms with E-state index >= 15 is 0 Å². The number of nitrogens with one attached hydrogen (secondary N) is 1. The third-order valence-electron chi connectivity index (χ3n) is 3.17. The van der Waals surface area contributed by atoms with Gasteiger partial charge in [0.2, 0.25) is 5.91 Å². The van der Waals surface area contributed by atoms with E-state index in [0.717, 1.165) is 28.3 Å². The molecule has 3 N–H and O–H groups in total. The van der Waals surface area contributed by atoms with Crippen molar-refractivity contribution in [2.75, 3.05) is 5.32 Å². The minimum Gasteiger partial charge on any atom is -0.324 e. The molecule has 0 radical (unpaired) electrons. The zero-order chi connectivity index (χ0) is 12.9. The Morgan fingerprint density at radius 2 is 2.11 bits per heavy atom. The topological polar surface area (TPSA) is 72.9 Å². The number of hydrogen-bond acceptors (Lipinski definition) is 3. The summed E-state index contributed by atoms with van der Waals surface area (Å²) >= 11 is 0. The minimum absolute atomic E-state index is 0.157. The molecule has 1 aliphatic heterocycles. The Labute approximate surface area is 105 Å². The average molecular weight is 242 g/mol. The number of nitrogens with zero attached hydrogens (tertiary/aromatic N) is 2. The highest BCUT2D eigenvalue weighted by atomic mass is 16.2. The number of benzene rings is 1. The lowest BCUT2D eigenvalue weighted by Gasteiger charge is -2.07. The molecule has 1 aromatic carbocycles. The first-order valence-corrected chi connectivity index (χ1v) is 5.80. The van der Waals surface area contributed by atoms with Crippen LogP contribution in [0.5, 0.6) is 0 Å². The first-order chi connectivity index (χ1) is 8.56. The van der Waals surface area contributed by atoms with Crippen LogP contribution < -0.4 is 11.1 Å². The number of anilines is 1. The molecule has 1 atom stereocenters. The standard InChI is InChI=1S/C13H14N4O/c1-7-5-8(2)17(16-7)9-3-4-10-11(6-9)15-13(18)12(10)14/h3-6,12H,14H2,1-2H3,(H,15,18). The van der Waals surface area contributed by atoms with Gasteiger partial charge in [0.1, 0.15) is 6.04 Å². The van der Waals surface area contributed by atoms with Crippen LogP contribution in [0.25, 0.3) is 5.69 Å². The summed E-state index contributed by atoms with van der Waals surface area (Å²) in [5.41, 5.74) is 10.3. The van der Waals surface area contributed by atoms with E-state index in [1.807, 2.05) is 42.8 Å². The number of carbonyl (C=O) groups excluding carboxylic acids is 1. The van der Waals surface area contributed by atoms with Crippen LogP contribution in [0.4, 0.5) is 5.69 Å². The fourth-order valence-electron chi connectivity index (χ4n) is 2.30. The van der Waals surface area contributed by atoms with Gasteiger partial charge in [-0.2, -0.15) is 5.10 Å². The smallest absolute Gasteiger partial charge is 0.245 e. The molecule has 0 spiro atoms. The highest BCUT2D eigenvalue weighted by Gasteiger charge is 2.27. The van der Waals surface area contributed by atoms with Crippen molar-refractivity contribution in [3.8, 4) is 5.69 Å². The van der Waals surface area contributed by atoms with E-state index in [4.69, 9.17) is 5.73 Å². The third kappa shape index (κ3) is 1.52. The molecular weight excluding hydrogens is 228 g/mol. The largest absolute Gasteiger partial charge is 0.324 e. The zero-order valence-electron chi connectivity index (χ0n) is 10.3. The Balaban J connectivity index is 2.09. The molecule has 1 amide bonds. The number of hydrogen-bond donors (Lipinski definition) is 2. The number of rotatable bonds is 1. The summed E-state index contributed by atoms with van der Waals surface area (Å²) < 4.78 is 1.85. The van der Waals surface area contributed by atoms with Crippen LogP contribution in [0.15, 0.2) is 24.3 Å². The molecule has 2 aromatic rings. The Bertz CT molecular complexity index is 644. The van der Waals surface area contributed by atoms with Crippen molar-refractivity contribution in [1.29, 1.82) is 0 Å². The fraction of sp³-hybridized carbons (Fsp3) is 0.231. The highest BCUT2D eigenvalue weighted by molar-refractivity contribution is 6.02. The number of aromatic nitrogens is 2. The average Bonchev–Trinajstić information content (AvgIpc) is 2.80. The van der Waals surface area contributed by atoms with Crippen LogP contribution in [0, 0.1) is 13.8 Å². The number of carbonyl (C=O) groups is 1. The second-order valence-corrected chi connectivity index (χ2v) is 4.58. The van der Waals surface area contributed by atoms with Crippen LogP contribution in [-0.4, -0.2) is 15.7 Å². The van der Waals surface area contributed by atoms with E-state index in [-0.39, 0.29) is 5.91 Å². The molecule has 0 aliphatic carbocycles. The van der Waals surface area contributed by atoms with Gasteiger partial charge in [-0.1, -0.05) is 6.07 Å². The molecule has 1 aliphatic rings. The second kappa shape index (κ2) is 3.68. The summed E-state index contributed by atoms with van der Waals surface area (Å²) in [6.45, 7) is 3.95. The van der Waals surface area contributed by atoms with Crippen LogP contribution >= 0.6 is 0 Å². The van der Waals surface area contributed by atoms with Crippen molar-refractivity contribution in [3.63, 3.8) is 0 Å². The highest BCUT2D eigenvalue weighted by Crippen LogP contribution is 2.31. The van der Waals surface area contributed by atoms with Gasteiger partial charge in [-0.15, -0.1) is 0 Å². The number of aryl methyl sites for hydroxylation is 2. The molecule has 1 unspecified atom stereocenters. The first-order valence-electron chi connectivity index (χ1n) is 5.80. The van der Waals surface area contributed by atoms with Gasteiger partial charge in [-0.25, -0.2) is 4.68 Å². The Morgan fingerprint density at radius 1 is 1.33 bits per heavy atom. The lowest BCUT2D eigenvalue weighted by molar-refractivity contribution is -0.116.